The third-order valence-corrected chi connectivity index (χ3v) is 1.44. The normalized spacial score (nSPS) is 18.3. The van der Waals surface area contributed by atoms with Gasteiger partial charge < -0.3 is 5.32 Å². The summed E-state index contributed by atoms with van der Waals surface area (Å²) in [5.41, 5.74) is 0. The number of hydrogen-bond acceptors (Lipinski definition) is 1. The van der Waals surface area contributed by atoms with Crippen LogP contribution in [0.3, 0.4) is 0 Å². The summed E-state index contributed by atoms with van der Waals surface area (Å²) in [6.07, 6.45) is 5.70. The van der Waals surface area contributed by atoms with Gasteiger partial charge in [0.05, 0.1) is 5.92 Å². The highest BCUT2D eigenvalue weighted by atomic mass is 16.1. The second-order valence-corrected chi connectivity index (χ2v) is 2.06. The number of amides is 1. The molecular formula is C7H10NO. The molecule has 0 saturated heterocycles. The van der Waals surface area contributed by atoms with E-state index in [1.165, 1.54) is 0 Å². The number of carbonyl (C=O) groups excluding carboxylic acids is 1. The van der Waals surface area contributed by atoms with E-state index < -0.39 is 0 Å². The summed E-state index contributed by atoms with van der Waals surface area (Å²) in [6, 6.07) is 0. The molecule has 0 aromatic carbocycles. The van der Waals surface area contributed by atoms with E-state index in [4.69, 9.17) is 0 Å². The molecule has 1 aliphatic rings. The minimum absolute atomic E-state index is 0.0833. The zero-order valence-electron chi connectivity index (χ0n) is 5.48. The molecule has 0 aliphatic heterocycles. The second kappa shape index (κ2) is 2.67. The minimum atomic E-state index is 0.0833. The van der Waals surface area contributed by atoms with E-state index in [9.17, 15) is 4.79 Å². The van der Waals surface area contributed by atoms with Gasteiger partial charge in [-0.05, 0) is 12.8 Å². The van der Waals surface area contributed by atoms with Crippen LogP contribution in [0, 0.1) is 5.92 Å². The Kier molecular flexibility index (Phi) is 1.88. The van der Waals surface area contributed by atoms with Crippen molar-refractivity contribution < 1.29 is 4.79 Å². The molecule has 1 aliphatic carbocycles. The van der Waals surface area contributed by atoms with Gasteiger partial charge in [0.25, 0.3) is 0 Å². The van der Waals surface area contributed by atoms with Crippen LogP contribution in [-0.2, 0) is 4.79 Å². The average Bonchev–Trinajstić information content (AvgIpc) is 2.37. The van der Waals surface area contributed by atoms with Gasteiger partial charge in [-0.1, -0.05) is 12.2 Å². The molecule has 0 aromatic heterocycles. The van der Waals surface area contributed by atoms with Crippen LogP contribution >= 0.6 is 0 Å². The standard InChI is InChI=1S/C7H10NO/c1-8-7(9)6-4-2-3-5-6/h2-3H,4-5H2,1H3,(H,8,9). The van der Waals surface area contributed by atoms with E-state index in [1.807, 2.05) is 12.2 Å². The van der Waals surface area contributed by atoms with Gasteiger partial charge in [-0.2, -0.15) is 0 Å². The molecule has 0 fully saturated rings. The van der Waals surface area contributed by atoms with Gasteiger partial charge in [0.2, 0.25) is 5.91 Å². The maximum Gasteiger partial charge on any atom is 0.227 e. The third kappa shape index (κ3) is 1.31. The van der Waals surface area contributed by atoms with Gasteiger partial charge in [-0.15, -0.1) is 0 Å². The molecule has 2 nitrogen and oxygen atoms in total. The number of allylic oxidation sites excluding steroid dienone is 2. The summed E-state index contributed by atoms with van der Waals surface area (Å²) in [4.78, 5) is 10.8. The Hall–Kier alpha value is -0.790. The van der Waals surface area contributed by atoms with E-state index in [0.29, 0.717) is 0 Å². The van der Waals surface area contributed by atoms with Gasteiger partial charge in [0.1, 0.15) is 0 Å². The van der Waals surface area contributed by atoms with Crippen molar-refractivity contribution in [3.8, 4) is 0 Å². The van der Waals surface area contributed by atoms with Gasteiger partial charge in [0.15, 0.2) is 0 Å². The summed E-state index contributed by atoms with van der Waals surface area (Å²) in [7, 11) is 1.66. The predicted molar refractivity (Wildman–Crippen MR) is 35.7 cm³/mol. The summed E-state index contributed by atoms with van der Waals surface area (Å²) >= 11 is 0. The fraction of sp³-hybridized carbons (Fsp3) is 0.429. The van der Waals surface area contributed by atoms with Crippen LogP contribution in [0.5, 0.6) is 0 Å². The molecule has 1 amide bonds. The van der Waals surface area contributed by atoms with Crippen LogP contribution < -0.4 is 5.32 Å². The molecule has 1 radical (unpaired) electrons. The molecule has 2 heteroatoms. The molecule has 0 aromatic rings. The van der Waals surface area contributed by atoms with Crippen LogP contribution in [0.1, 0.15) is 12.8 Å². The Morgan fingerprint density at radius 3 is 2.56 bits per heavy atom. The smallest absolute Gasteiger partial charge is 0.227 e. The Balaban J connectivity index is 2.36. The molecule has 0 atom stereocenters. The fourth-order valence-electron chi connectivity index (χ4n) is 0.897. The Labute approximate surface area is 54.9 Å². The third-order valence-electron chi connectivity index (χ3n) is 1.44. The first-order valence-corrected chi connectivity index (χ1v) is 3.06. The first-order valence-electron chi connectivity index (χ1n) is 3.06. The topological polar surface area (TPSA) is 29.1 Å². The lowest BCUT2D eigenvalue weighted by atomic mass is 10.1. The predicted octanol–water partition coefficient (Wildman–Crippen LogP) is 0.657. The van der Waals surface area contributed by atoms with Gasteiger partial charge in [0, 0.05) is 7.05 Å². The number of hydrogen-bond donors (Lipinski definition) is 1. The van der Waals surface area contributed by atoms with Gasteiger partial charge in [-0.3, -0.25) is 4.79 Å². The molecule has 1 rings (SSSR count). The first-order chi connectivity index (χ1) is 4.34. The van der Waals surface area contributed by atoms with Gasteiger partial charge >= 0.3 is 0 Å². The molecule has 0 saturated carbocycles. The highest BCUT2D eigenvalue weighted by molar-refractivity contribution is 5.90. The molecule has 0 bridgehead atoms. The van der Waals surface area contributed by atoms with E-state index in [1.54, 1.807) is 7.05 Å². The Bertz CT molecular complexity index is 132. The van der Waals surface area contributed by atoms with Crippen molar-refractivity contribution in [2.45, 2.75) is 12.8 Å². The lowest BCUT2D eigenvalue weighted by molar-refractivity contribution is -0.118. The zero-order chi connectivity index (χ0) is 6.69. The van der Waals surface area contributed by atoms with Crippen LogP contribution in [-0.4, -0.2) is 13.0 Å². The monoisotopic (exact) mass is 124 g/mol. The van der Waals surface area contributed by atoms with E-state index >= 15 is 0 Å². The van der Waals surface area contributed by atoms with E-state index in [2.05, 4.69) is 5.32 Å². The van der Waals surface area contributed by atoms with Crippen molar-refractivity contribution in [2.75, 3.05) is 7.05 Å². The summed E-state index contributed by atoms with van der Waals surface area (Å²) in [5, 5.41) is 2.59. The Morgan fingerprint density at radius 2 is 2.11 bits per heavy atom. The van der Waals surface area contributed by atoms with Crippen LogP contribution in [0.4, 0.5) is 0 Å². The van der Waals surface area contributed by atoms with E-state index in [-0.39, 0.29) is 5.91 Å². The Morgan fingerprint density at radius 1 is 1.56 bits per heavy atom. The SMILES string of the molecule is CNC(=O)[C]1CC=CC1. The number of carbonyl (C=O) groups is 1. The van der Waals surface area contributed by atoms with Crippen molar-refractivity contribution >= 4 is 5.91 Å². The van der Waals surface area contributed by atoms with Crippen molar-refractivity contribution in [2.24, 2.45) is 0 Å². The summed E-state index contributed by atoms with van der Waals surface area (Å²) in [5.74, 6) is 1.05. The fourth-order valence-corrected chi connectivity index (χ4v) is 0.897. The molecule has 1 N–H and O–H groups in total. The quantitative estimate of drug-likeness (QED) is 0.511. The van der Waals surface area contributed by atoms with Crippen LogP contribution in [0.25, 0.3) is 0 Å². The van der Waals surface area contributed by atoms with Crippen LogP contribution in [0.15, 0.2) is 12.2 Å². The largest absolute Gasteiger partial charge is 0.359 e. The highest BCUT2D eigenvalue weighted by Crippen LogP contribution is 2.19. The molecule has 9 heavy (non-hydrogen) atoms. The molecule has 0 heterocycles. The van der Waals surface area contributed by atoms with Gasteiger partial charge in [-0.25, -0.2) is 0 Å². The van der Waals surface area contributed by atoms with Crippen LogP contribution in [0.2, 0.25) is 0 Å². The second-order valence-electron chi connectivity index (χ2n) is 2.06. The number of nitrogens with one attached hydrogen (secondary N) is 1. The molecule has 0 spiro atoms. The van der Waals surface area contributed by atoms with Crippen molar-refractivity contribution in [1.82, 2.24) is 5.32 Å². The average molecular weight is 124 g/mol. The molecule has 0 unspecified atom stereocenters. The van der Waals surface area contributed by atoms with Crippen molar-refractivity contribution in [3.05, 3.63) is 18.1 Å². The highest BCUT2D eigenvalue weighted by Gasteiger charge is 2.17. The molecule has 49 valence electrons. The lowest BCUT2D eigenvalue weighted by Gasteiger charge is -2.03. The summed E-state index contributed by atoms with van der Waals surface area (Å²) < 4.78 is 0. The van der Waals surface area contributed by atoms with Crippen molar-refractivity contribution in [1.29, 1.82) is 0 Å². The first kappa shape index (κ1) is 6.33. The maximum atomic E-state index is 10.8. The van der Waals surface area contributed by atoms with Crippen molar-refractivity contribution in [3.63, 3.8) is 0 Å². The lowest BCUT2D eigenvalue weighted by Crippen LogP contribution is -2.23. The minimum Gasteiger partial charge on any atom is -0.359 e. The maximum absolute atomic E-state index is 10.8. The number of rotatable bonds is 1. The molecular weight excluding hydrogens is 114 g/mol. The zero-order valence-corrected chi connectivity index (χ0v) is 5.48. The van der Waals surface area contributed by atoms with E-state index in [0.717, 1.165) is 18.8 Å². The summed E-state index contributed by atoms with van der Waals surface area (Å²) in [6.45, 7) is 0.